The minimum Gasteiger partial charge on any atom is -0.330 e. The Morgan fingerprint density at radius 2 is 2.24 bits per heavy atom. The van der Waals surface area contributed by atoms with E-state index >= 15 is 0 Å². The van der Waals surface area contributed by atoms with Gasteiger partial charge < -0.3 is 5.73 Å². The number of hydrogen-bond donors (Lipinski definition) is 1. The minimum atomic E-state index is 0.600. The first-order chi connectivity index (χ1) is 8.29. The molecule has 0 aliphatic rings. The van der Waals surface area contributed by atoms with Crippen LogP contribution in [0.3, 0.4) is 0 Å². The van der Waals surface area contributed by atoms with Crippen molar-refractivity contribution in [1.82, 2.24) is 9.97 Å². The zero-order valence-corrected chi connectivity index (χ0v) is 10.8. The third-order valence-corrected chi connectivity index (χ3v) is 3.53. The lowest BCUT2D eigenvalue weighted by atomic mass is 10.1. The summed E-state index contributed by atoms with van der Waals surface area (Å²) in [6.45, 7) is 2.97. The van der Waals surface area contributed by atoms with E-state index in [0.717, 1.165) is 30.8 Å². The molecule has 3 nitrogen and oxygen atoms in total. The zero-order chi connectivity index (χ0) is 12.1. The summed E-state index contributed by atoms with van der Waals surface area (Å²) in [7, 11) is 0. The van der Waals surface area contributed by atoms with Gasteiger partial charge in [0.1, 0.15) is 0 Å². The van der Waals surface area contributed by atoms with Gasteiger partial charge in [0, 0.05) is 18.0 Å². The van der Waals surface area contributed by atoms with Gasteiger partial charge in [-0.3, -0.25) is 4.98 Å². The Balaban J connectivity index is 2.06. The first-order valence-electron chi connectivity index (χ1n) is 5.85. The molecule has 2 aromatic rings. The molecule has 17 heavy (non-hydrogen) atoms. The summed E-state index contributed by atoms with van der Waals surface area (Å²) < 4.78 is 0. The van der Waals surface area contributed by atoms with Crippen LogP contribution in [0.25, 0.3) is 11.4 Å². The van der Waals surface area contributed by atoms with Gasteiger partial charge in [-0.2, -0.15) is 0 Å². The summed E-state index contributed by atoms with van der Waals surface area (Å²) in [5.41, 5.74) is 7.48. The fraction of sp³-hybridized carbons (Fsp3) is 0.385. The van der Waals surface area contributed by atoms with Crippen LogP contribution in [0, 0.1) is 5.92 Å². The molecule has 0 spiro atoms. The van der Waals surface area contributed by atoms with Crippen LogP contribution in [0.15, 0.2) is 29.8 Å². The number of pyridine rings is 1. The largest absolute Gasteiger partial charge is 0.330 e. The van der Waals surface area contributed by atoms with E-state index in [9.17, 15) is 0 Å². The molecule has 0 fully saturated rings. The standard InChI is InChI=1S/C13H17N3S/c1-10(5-6-14)8-13-16-12(9-17-13)11-4-2-3-7-15-11/h2-4,7,9-10H,5-6,8,14H2,1H3. The van der Waals surface area contributed by atoms with Gasteiger partial charge in [-0.15, -0.1) is 11.3 Å². The topological polar surface area (TPSA) is 51.8 Å². The molecule has 2 rings (SSSR count). The van der Waals surface area contributed by atoms with Gasteiger partial charge in [-0.05, 0) is 31.0 Å². The SMILES string of the molecule is CC(CCN)Cc1nc(-c2ccccn2)cs1. The Labute approximate surface area is 106 Å². The molecule has 2 aromatic heterocycles. The van der Waals surface area contributed by atoms with E-state index in [2.05, 4.69) is 22.3 Å². The van der Waals surface area contributed by atoms with Crippen molar-refractivity contribution >= 4 is 11.3 Å². The van der Waals surface area contributed by atoms with Gasteiger partial charge in [0.15, 0.2) is 0 Å². The van der Waals surface area contributed by atoms with Crippen LogP contribution >= 0.6 is 11.3 Å². The maximum Gasteiger partial charge on any atom is 0.0998 e. The number of nitrogens with two attached hydrogens (primary N) is 1. The average molecular weight is 247 g/mol. The quantitative estimate of drug-likeness (QED) is 0.884. The summed E-state index contributed by atoms with van der Waals surface area (Å²) in [4.78, 5) is 8.92. The van der Waals surface area contributed by atoms with Gasteiger partial charge in [0.25, 0.3) is 0 Å². The fourth-order valence-electron chi connectivity index (χ4n) is 1.72. The van der Waals surface area contributed by atoms with Crippen molar-refractivity contribution in [1.29, 1.82) is 0 Å². The van der Waals surface area contributed by atoms with Crippen LogP contribution in [0.5, 0.6) is 0 Å². The molecule has 0 aliphatic heterocycles. The third kappa shape index (κ3) is 3.35. The van der Waals surface area contributed by atoms with E-state index in [0.29, 0.717) is 5.92 Å². The zero-order valence-electron chi connectivity index (χ0n) is 9.97. The molecule has 0 aliphatic carbocycles. The molecule has 0 amide bonds. The Kier molecular flexibility index (Phi) is 4.23. The third-order valence-electron chi connectivity index (χ3n) is 2.66. The van der Waals surface area contributed by atoms with Gasteiger partial charge in [-0.25, -0.2) is 4.98 Å². The van der Waals surface area contributed by atoms with Crippen molar-refractivity contribution < 1.29 is 0 Å². The van der Waals surface area contributed by atoms with E-state index in [1.807, 2.05) is 18.2 Å². The minimum absolute atomic E-state index is 0.600. The highest BCUT2D eigenvalue weighted by atomic mass is 32.1. The predicted octanol–water partition coefficient (Wildman–Crippen LogP) is 2.73. The Hall–Kier alpha value is -1.26. The molecule has 0 aromatic carbocycles. The van der Waals surface area contributed by atoms with Crippen LogP contribution in [-0.4, -0.2) is 16.5 Å². The molecule has 0 bridgehead atoms. The normalized spacial score (nSPS) is 12.6. The van der Waals surface area contributed by atoms with Crippen LogP contribution in [-0.2, 0) is 6.42 Å². The molecule has 2 N–H and O–H groups in total. The van der Waals surface area contributed by atoms with E-state index < -0.39 is 0 Å². The summed E-state index contributed by atoms with van der Waals surface area (Å²) in [5, 5.41) is 3.25. The second-order valence-corrected chi connectivity index (χ2v) is 5.17. The van der Waals surface area contributed by atoms with Gasteiger partial charge >= 0.3 is 0 Å². The maximum atomic E-state index is 5.55. The lowest BCUT2D eigenvalue weighted by molar-refractivity contribution is 0.537. The molecule has 4 heteroatoms. The van der Waals surface area contributed by atoms with Gasteiger partial charge in [-0.1, -0.05) is 13.0 Å². The Bertz CT molecular complexity index is 453. The average Bonchev–Trinajstić information content (AvgIpc) is 2.79. The van der Waals surface area contributed by atoms with E-state index in [4.69, 9.17) is 5.73 Å². The van der Waals surface area contributed by atoms with Crippen molar-refractivity contribution in [3.8, 4) is 11.4 Å². The van der Waals surface area contributed by atoms with Crippen LogP contribution < -0.4 is 5.73 Å². The predicted molar refractivity (Wildman–Crippen MR) is 71.9 cm³/mol. The molecule has 1 unspecified atom stereocenters. The Morgan fingerprint density at radius 3 is 2.94 bits per heavy atom. The van der Waals surface area contributed by atoms with Gasteiger partial charge in [0.2, 0.25) is 0 Å². The van der Waals surface area contributed by atoms with Crippen molar-refractivity contribution in [3.63, 3.8) is 0 Å². The van der Waals surface area contributed by atoms with E-state index in [-0.39, 0.29) is 0 Å². The van der Waals surface area contributed by atoms with Gasteiger partial charge in [0.05, 0.1) is 16.4 Å². The number of thiazole rings is 1. The smallest absolute Gasteiger partial charge is 0.0998 e. The first kappa shape index (κ1) is 12.2. The summed E-state index contributed by atoms with van der Waals surface area (Å²) in [5.74, 6) is 0.600. The first-order valence-corrected chi connectivity index (χ1v) is 6.73. The summed E-state index contributed by atoms with van der Waals surface area (Å²) in [6, 6.07) is 5.89. The number of aromatic nitrogens is 2. The van der Waals surface area contributed by atoms with Crippen molar-refractivity contribution in [2.45, 2.75) is 19.8 Å². The molecule has 0 saturated carbocycles. The monoisotopic (exact) mass is 247 g/mol. The second kappa shape index (κ2) is 5.89. The highest BCUT2D eigenvalue weighted by molar-refractivity contribution is 7.09. The second-order valence-electron chi connectivity index (χ2n) is 4.23. The van der Waals surface area contributed by atoms with Crippen molar-refractivity contribution in [2.75, 3.05) is 6.54 Å². The molecule has 2 heterocycles. The number of nitrogens with zero attached hydrogens (tertiary/aromatic N) is 2. The number of rotatable bonds is 5. The molecule has 0 saturated heterocycles. The molecule has 0 radical (unpaired) electrons. The molecular weight excluding hydrogens is 230 g/mol. The molecule has 1 atom stereocenters. The van der Waals surface area contributed by atoms with E-state index in [1.54, 1.807) is 17.5 Å². The van der Waals surface area contributed by atoms with Crippen LogP contribution in [0.2, 0.25) is 0 Å². The lowest BCUT2D eigenvalue weighted by Gasteiger charge is -2.06. The molecule has 90 valence electrons. The Morgan fingerprint density at radius 1 is 1.35 bits per heavy atom. The van der Waals surface area contributed by atoms with Crippen LogP contribution in [0.1, 0.15) is 18.4 Å². The molecular formula is C13H17N3S. The summed E-state index contributed by atoms with van der Waals surface area (Å²) in [6.07, 6.45) is 3.86. The van der Waals surface area contributed by atoms with Crippen LogP contribution in [0.4, 0.5) is 0 Å². The lowest BCUT2D eigenvalue weighted by Crippen LogP contribution is -2.07. The highest BCUT2D eigenvalue weighted by Gasteiger charge is 2.08. The highest BCUT2D eigenvalue weighted by Crippen LogP contribution is 2.22. The maximum absolute atomic E-state index is 5.55. The van der Waals surface area contributed by atoms with Crippen molar-refractivity contribution in [3.05, 3.63) is 34.8 Å². The number of hydrogen-bond acceptors (Lipinski definition) is 4. The van der Waals surface area contributed by atoms with E-state index in [1.165, 1.54) is 5.01 Å². The van der Waals surface area contributed by atoms with Crippen molar-refractivity contribution in [2.24, 2.45) is 11.7 Å². The fourth-order valence-corrected chi connectivity index (χ4v) is 2.67. The summed E-state index contributed by atoms with van der Waals surface area (Å²) >= 11 is 1.71.